The minimum Gasteiger partial charge on any atom is -0.436 e. The Morgan fingerprint density at radius 1 is 0.562 bits per heavy atom. The van der Waals surface area contributed by atoms with Crippen LogP contribution in [0, 0.1) is 11.6 Å². The van der Waals surface area contributed by atoms with Gasteiger partial charge < -0.3 is 9.47 Å². The molecule has 0 radical (unpaired) electrons. The second-order valence-corrected chi connectivity index (χ2v) is 6.21. The van der Waals surface area contributed by atoms with Crippen molar-refractivity contribution in [2.24, 2.45) is 0 Å². The van der Waals surface area contributed by atoms with E-state index in [1.807, 2.05) is 0 Å². The van der Waals surface area contributed by atoms with Crippen LogP contribution < -0.4 is 9.47 Å². The van der Waals surface area contributed by atoms with Gasteiger partial charge in [0.05, 0.1) is 5.56 Å². The lowest BCUT2D eigenvalue weighted by atomic mass is 9.93. The van der Waals surface area contributed by atoms with Crippen molar-refractivity contribution < 1.29 is 49.0 Å². The predicted octanol–water partition coefficient (Wildman–Crippen LogP) is 7.23. The number of pyridine rings is 1. The number of rotatable bonds is 5. The molecule has 0 aliphatic heterocycles. The molecule has 0 fully saturated rings. The normalized spacial score (nSPS) is 12.5. The Bertz CT molecular complexity index is 1000. The molecule has 0 saturated heterocycles. The highest BCUT2D eigenvalue weighted by Gasteiger charge is 2.76. The van der Waals surface area contributed by atoms with Gasteiger partial charge >= 0.3 is 18.0 Å². The standard InChI is InChI=1S/C20H10F9NO2/c21-14-13(18(23,19(24,25)26)20(27,28)29)15(22)17(32-12-9-5-2-6-10-12)30-16(14)31-11-7-3-1-4-8-11/h1-10H. The van der Waals surface area contributed by atoms with E-state index in [-0.39, 0.29) is 11.5 Å². The number of hydrogen-bond donors (Lipinski definition) is 0. The highest BCUT2D eigenvalue weighted by molar-refractivity contribution is 5.42. The van der Waals surface area contributed by atoms with E-state index >= 15 is 0 Å². The number of aromatic nitrogens is 1. The third-order valence-electron chi connectivity index (χ3n) is 4.06. The molecule has 32 heavy (non-hydrogen) atoms. The molecule has 3 rings (SSSR count). The van der Waals surface area contributed by atoms with Gasteiger partial charge in [-0.05, 0) is 24.3 Å². The Labute approximate surface area is 174 Å². The van der Waals surface area contributed by atoms with E-state index in [4.69, 9.17) is 9.47 Å². The molecule has 0 atom stereocenters. The van der Waals surface area contributed by atoms with Gasteiger partial charge in [0.15, 0.2) is 11.6 Å². The van der Waals surface area contributed by atoms with E-state index < -0.39 is 47.0 Å². The van der Waals surface area contributed by atoms with E-state index in [2.05, 4.69) is 4.98 Å². The zero-order valence-electron chi connectivity index (χ0n) is 15.4. The van der Waals surface area contributed by atoms with Crippen molar-refractivity contribution in [1.82, 2.24) is 4.98 Å². The van der Waals surface area contributed by atoms with Crippen molar-refractivity contribution in [1.29, 1.82) is 0 Å². The van der Waals surface area contributed by atoms with Crippen molar-refractivity contribution >= 4 is 0 Å². The fraction of sp³-hybridized carbons (Fsp3) is 0.150. The van der Waals surface area contributed by atoms with Gasteiger partial charge in [0.2, 0.25) is 0 Å². The van der Waals surface area contributed by atoms with Crippen molar-refractivity contribution in [2.45, 2.75) is 18.0 Å². The quantitative estimate of drug-likeness (QED) is 0.371. The second kappa shape index (κ2) is 8.24. The van der Waals surface area contributed by atoms with Crippen molar-refractivity contribution in [3.63, 3.8) is 0 Å². The molecule has 0 N–H and O–H groups in total. The summed E-state index contributed by atoms with van der Waals surface area (Å²) >= 11 is 0. The van der Waals surface area contributed by atoms with Gasteiger partial charge in [-0.1, -0.05) is 36.4 Å². The van der Waals surface area contributed by atoms with Crippen LogP contribution in [0.15, 0.2) is 60.7 Å². The maximum Gasteiger partial charge on any atom is 0.436 e. The molecule has 0 unspecified atom stereocenters. The monoisotopic (exact) mass is 467 g/mol. The summed E-state index contributed by atoms with van der Waals surface area (Å²) in [5.74, 6) is -8.97. The van der Waals surface area contributed by atoms with Crippen molar-refractivity contribution in [3.8, 4) is 23.3 Å². The van der Waals surface area contributed by atoms with Gasteiger partial charge in [0.1, 0.15) is 11.5 Å². The molecule has 0 amide bonds. The highest BCUT2D eigenvalue weighted by Crippen LogP contribution is 2.56. The molecule has 0 aliphatic rings. The Hall–Kier alpha value is -3.44. The van der Waals surface area contributed by atoms with E-state index in [0.29, 0.717) is 0 Å². The van der Waals surface area contributed by atoms with Crippen LogP contribution in [0.5, 0.6) is 23.3 Å². The summed E-state index contributed by atoms with van der Waals surface area (Å²) in [7, 11) is 0. The smallest absolute Gasteiger partial charge is 0.436 e. The first kappa shape index (κ1) is 23.2. The number of alkyl halides is 7. The third-order valence-corrected chi connectivity index (χ3v) is 4.06. The molecule has 0 saturated carbocycles. The molecular weight excluding hydrogens is 457 g/mol. The SMILES string of the molecule is Fc1c(Oc2ccccc2)nc(Oc2ccccc2)c(F)c1C(F)(C(F)(F)F)C(F)(F)F. The molecule has 170 valence electrons. The molecule has 12 heteroatoms. The molecule has 0 spiro atoms. The minimum absolute atomic E-state index is 0.286. The fourth-order valence-corrected chi connectivity index (χ4v) is 2.58. The van der Waals surface area contributed by atoms with Crippen LogP contribution in [0.3, 0.4) is 0 Å². The Morgan fingerprint density at radius 2 is 0.906 bits per heavy atom. The van der Waals surface area contributed by atoms with Gasteiger partial charge in [0, 0.05) is 0 Å². The lowest BCUT2D eigenvalue weighted by molar-refractivity contribution is -0.350. The van der Waals surface area contributed by atoms with Crippen LogP contribution >= 0.6 is 0 Å². The van der Waals surface area contributed by atoms with E-state index in [1.165, 1.54) is 36.4 Å². The zero-order chi connectivity index (χ0) is 23.7. The summed E-state index contributed by atoms with van der Waals surface area (Å²) < 4.78 is 133. The average molecular weight is 467 g/mol. The van der Waals surface area contributed by atoms with Crippen LogP contribution in [0.2, 0.25) is 0 Å². The van der Waals surface area contributed by atoms with Gasteiger partial charge in [0.25, 0.3) is 11.8 Å². The van der Waals surface area contributed by atoms with E-state index in [9.17, 15) is 39.5 Å². The number of nitrogens with zero attached hydrogens (tertiary/aromatic N) is 1. The Morgan fingerprint density at radius 3 is 1.22 bits per heavy atom. The van der Waals surface area contributed by atoms with Crippen LogP contribution in [0.4, 0.5) is 39.5 Å². The van der Waals surface area contributed by atoms with Gasteiger partial charge in [-0.15, -0.1) is 0 Å². The second-order valence-electron chi connectivity index (χ2n) is 6.21. The van der Waals surface area contributed by atoms with E-state index in [1.54, 1.807) is 0 Å². The molecule has 1 heterocycles. The zero-order valence-corrected chi connectivity index (χ0v) is 15.4. The Kier molecular flexibility index (Phi) is 5.98. The van der Waals surface area contributed by atoms with Gasteiger partial charge in [-0.25, -0.2) is 13.2 Å². The first-order valence-electron chi connectivity index (χ1n) is 8.54. The predicted molar refractivity (Wildman–Crippen MR) is 92.1 cm³/mol. The van der Waals surface area contributed by atoms with Crippen molar-refractivity contribution in [3.05, 3.63) is 77.9 Å². The van der Waals surface area contributed by atoms with Gasteiger partial charge in [-0.2, -0.15) is 31.3 Å². The number of benzene rings is 2. The summed E-state index contributed by atoms with van der Waals surface area (Å²) in [6, 6.07) is 12.9. The fourth-order valence-electron chi connectivity index (χ4n) is 2.58. The number of halogens is 9. The third kappa shape index (κ3) is 4.16. The van der Waals surface area contributed by atoms with Gasteiger partial charge in [-0.3, -0.25) is 0 Å². The molecule has 1 aromatic heterocycles. The number of para-hydroxylation sites is 2. The summed E-state index contributed by atoms with van der Waals surface area (Å²) in [6.45, 7) is 0. The topological polar surface area (TPSA) is 31.4 Å². The molecule has 2 aromatic carbocycles. The Balaban J connectivity index is 2.29. The summed E-state index contributed by atoms with van der Waals surface area (Å²) in [5, 5.41) is 0. The lowest BCUT2D eigenvalue weighted by Crippen LogP contribution is -2.51. The van der Waals surface area contributed by atoms with E-state index in [0.717, 1.165) is 24.3 Å². The largest absolute Gasteiger partial charge is 0.436 e. The minimum atomic E-state index is -6.79. The van der Waals surface area contributed by atoms with Crippen LogP contribution in [0.25, 0.3) is 0 Å². The number of hydrogen-bond acceptors (Lipinski definition) is 3. The molecule has 0 bridgehead atoms. The molecule has 3 aromatic rings. The number of ether oxygens (including phenoxy) is 2. The maximum atomic E-state index is 14.8. The molecule has 0 aliphatic carbocycles. The maximum absolute atomic E-state index is 14.8. The molecule has 3 nitrogen and oxygen atoms in total. The van der Waals surface area contributed by atoms with Crippen molar-refractivity contribution in [2.75, 3.05) is 0 Å². The van der Waals surface area contributed by atoms with Crippen LogP contribution in [-0.4, -0.2) is 17.3 Å². The summed E-state index contributed by atoms with van der Waals surface area (Å²) in [4.78, 5) is 3.20. The van der Waals surface area contributed by atoms with Crippen LogP contribution in [-0.2, 0) is 5.67 Å². The first-order chi connectivity index (χ1) is 14.9. The highest BCUT2D eigenvalue weighted by atomic mass is 19.4. The lowest BCUT2D eigenvalue weighted by Gasteiger charge is -2.31. The first-order valence-corrected chi connectivity index (χ1v) is 8.54. The molecular formula is C20H10F9NO2. The summed E-state index contributed by atoms with van der Waals surface area (Å²) in [6.07, 6.45) is -13.6. The average Bonchev–Trinajstić information content (AvgIpc) is 2.71. The van der Waals surface area contributed by atoms with Crippen LogP contribution in [0.1, 0.15) is 5.56 Å². The summed E-state index contributed by atoms with van der Waals surface area (Å²) in [5.41, 5.74) is -9.44.